The van der Waals surface area contributed by atoms with Crippen LogP contribution in [0, 0.1) is 5.92 Å². The van der Waals surface area contributed by atoms with Crippen molar-refractivity contribution in [2.45, 2.75) is 32.7 Å². The lowest BCUT2D eigenvalue weighted by Gasteiger charge is -2.29. The Labute approximate surface area is 123 Å². The molecule has 1 aromatic rings. The molecule has 1 N–H and O–H groups in total. The molecular weight excluding hydrogens is 270 g/mol. The van der Waals surface area contributed by atoms with Crippen molar-refractivity contribution in [3.8, 4) is 0 Å². The minimum atomic E-state index is -0.537. The molecular formula is C15H21N3O3. The molecule has 1 aliphatic heterocycles. The molecule has 1 aromatic heterocycles. The van der Waals surface area contributed by atoms with Crippen molar-refractivity contribution in [3.05, 3.63) is 28.7 Å². The topological polar surface area (TPSA) is 71.4 Å². The summed E-state index contributed by atoms with van der Waals surface area (Å²) in [7, 11) is 1.63. The summed E-state index contributed by atoms with van der Waals surface area (Å²) < 4.78 is 1.40. The first kappa shape index (κ1) is 15.3. The monoisotopic (exact) mass is 291 g/mol. The van der Waals surface area contributed by atoms with E-state index in [-0.39, 0.29) is 29.0 Å². The van der Waals surface area contributed by atoms with Gasteiger partial charge >= 0.3 is 0 Å². The molecule has 1 saturated heterocycles. The molecule has 2 rings (SSSR count). The fraction of sp³-hybridized carbons (Fsp3) is 0.533. The van der Waals surface area contributed by atoms with Gasteiger partial charge in [0.25, 0.3) is 5.56 Å². The second-order valence-corrected chi connectivity index (χ2v) is 5.71. The van der Waals surface area contributed by atoms with Gasteiger partial charge in [0.15, 0.2) is 0 Å². The predicted molar refractivity (Wildman–Crippen MR) is 79.9 cm³/mol. The highest BCUT2D eigenvalue weighted by Gasteiger charge is 2.35. The molecule has 1 aliphatic rings. The minimum Gasteiger partial charge on any atom is -0.330 e. The summed E-state index contributed by atoms with van der Waals surface area (Å²) in [6.07, 6.45) is 2.90. The molecule has 2 heterocycles. The van der Waals surface area contributed by atoms with E-state index in [0.717, 1.165) is 6.42 Å². The number of hydrogen-bond acceptors (Lipinski definition) is 3. The highest BCUT2D eigenvalue weighted by Crippen LogP contribution is 2.20. The molecule has 0 bridgehead atoms. The van der Waals surface area contributed by atoms with Crippen LogP contribution in [-0.4, -0.2) is 33.9 Å². The molecule has 6 heteroatoms. The molecule has 0 radical (unpaired) electrons. The highest BCUT2D eigenvalue weighted by molar-refractivity contribution is 5.97. The van der Waals surface area contributed by atoms with Gasteiger partial charge in [-0.2, -0.15) is 0 Å². The summed E-state index contributed by atoms with van der Waals surface area (Å²) >= 11 is 0. The van der Waals surface area contributed by atoms with Crippen LogP contribution in [-0.2, 0) is 16.6 Å². The Morgan fingerprint density at radius 3 is 2.62 bits per heavy atom. The summed E-state index contributed by atoms with van der Waals surface area (Å²) in [6.45, 7) is 4.40. The number of hydrogen-bond donors (Lipinski definition) is 1. The normalized spacial score (nSPS) is 16.4. The van der Waals surface area contributed by atoms with Crippen LogP contribution in [0.5, 0.6) is 0 Å². The molecule has 1 fully saturated rings. The third-order valence-corrected chi connectivity index (χ3v) is 3.73. The Morgan fingerprint density at radius 2 is 2.05 bits per heavy atom. The summed E-state index contributed by atoms with van der Waals surface area (Å²) in [6, 6.07) is 2.73. The Kier molecular flexibility index (Phi) is 4.45. The standard InChI is InChI=1S/C15H21N3O3/c1-10(2)13(18-9-5-7-12(18)19)14(20)16-11-6-4-8-17(3)15(11)21/h4,6,8,10,13H,5,7,9H2,1-3H3,(H,16,20). The third-order valence-electron chi connectivity index (χ3n) is 3.73. The third kappa shape index (κ3) is 3.15. The number of anilines is 1. The van der Waals surface area contributed by atoms with Crippen LogP contribution in [0.4, 0.5) is 5.69 Å². The zero-order valence-corrected chi connectivity index (χ0v) is 12.6. The molecule has 1 atom stereocenters. The van der Waals surface area contributed by atoms with Crippen LogP contribution >= 0.6 is 0 Å². The number of nitrogens with zero attached hydrogens (tertiary/aromatic N) is 2. The first-order valence-corrected chi connectivity index (χ1v) is 7.18. The second kappa shape index (κ2) is 6.11. The van der Waals surface area contributed by atoms with Crippen molar-refractivity contribution in [1.82, 2.24) is 9.47 Å². The molecule has 0 aromatic carbocycles. The average molecular weight is 291 g/mol. The molecule has 6 nitrogen and oxygen atoms in total. The fourth-order valence-corrected chi connectivity index (χ4v) is 2.67. The Morgan fingerprint density at radius 1 is 1.33 bits per heavy atom. The van der Waals surface area contributed by atoms with E-state index in [1.165, 1.54) is 4.57 Å². The number of carbonyl (C=O) groups excluding carboxylic acids is 2. The van der Waals surface area contributed by atoms with Gasteiger partial charge in [0.1, 0.15) is 11.7 Å². The van der Waals surface area contributed by atoms with E-state index in [2.05, 4.69) is 5.32 Å². The van der Waals surface area contributed by atoms with E-state index in [4.69, 9.17) is 0 Å². The van der Waals surface area contributed by atoms with Gasteiger partial charge in [0, 0.05) is 26.2 Å². The van der Waals surface area contributed by atoms with E-state index >= 15 is 0 Å². The van der Waals surface area contributed by atoms with Gasteiger partial charge in [-0.05, 0) is 24.5 Å². The Hall–Kier alpha value is -2.11. The lowest BCUT2D eigenvalue weighted by atomic mass is 10.0. The van der Waals surface area contributed by atoms with Crippen LogP contribution in [0.15, 0.2) is 23.1 Å². The van der Waals surface area contributed by atoms with Crippen molar-refractivity contribution >= 4 is 17.5 Å². The molecule has 1 unspecified atom stereocenters. The van der Waals surface area contributed by atoms with Crippen LogP contribution in [0.1, 0.15) is 26.7 Å². The van der Waals surface area contributed by atoms with Gasteiger partial charge < -0.3 is 14.8 Å². The lowest BCUT2D eigenvalue weighted by Crippen LogP contribution is -2.48. The minimum absolute atomic E-state index is 0.00446. The van der Waals surface area contributed by atoms with Crippen molar-refractivity contribution in [2.75, 3.05) is 11.9 Å². The van der Waals surface area contributed by atoms with Gasteiger partial charge in [0.05, 0.1) is 0 Å². The number of pyridine rings is 1. The quantitative estimate of drug-likeness (QED) is 0.898. The average Bonchev–Trinajstić information content (AvgIpc) is 2.81. The maximum atomic E-state index is 12.5. The highest BCUT2D eigenvalue weighted by atomic mass is 16.2. The van der Waals surface area contributed by atoms with Gasteiger partial charge in [0.2, 0.25) is 11.8 Å². The number of likely N-dealkylation sites (tertiary alicyclic amines) is 1. The van der Waals surface area contributed by atoms with Crippen LogP contribution < -0.4 is 10.9 Å². The summed E-state index contributed by atoms with van der Waals surface area (Å²) in [5.74, 6) is -0.312. The van der Waals surface area contributed by atoms with E-state index in [9.17, 15) is 14.4 Å². The molecule has 2 amide bonds. The fourth-order valence-electron chi connectivity index (χ4n) is 2.67. The van der Waals surface area contributed by atoms with Crippen molar-refractivity contribution < 1.29 is 9.59 Å². The molecule has 0 aliphatic carbocycles. The Bertz CT molecular complexity index is 606. The zero-order valence-electron chi connectivity index (χ0n) is 12.6. The van der Waals surface area contributed by atoms with E-state index in [0.29, 0.717) is 13.0 Å². The van der Waals surface area contributed by atoms with E-state index in [1.54, 1.807) is 30.3 Å². The van der Waals surface area contributed by atoms with E-state index < -0.39 is 6.04 Å². The van der Waals surface area contributed by atoms with Gasteiger partial charge in [-0.25, -0.2) is 0 Å². The van der Waals surface area contributed by atoms with Crippen molar-refractivity contribution in [3.63, 3.8) is 0 Å². The van der Waals surface area contributed by atoms with Crippen LogP contribution in [0.3, 0.4) is 0 Å². The predicted octanol–water partition coefficient (Wildman–Crippen LogP) is 0.971. The zero-order chi connectivity index (χ0) is 15.6. The maximum absolute atomic E-state index is 12.5. The number of aromatic nitrogens is 1. The lowest BCUT2D eigenvalue weighted by molar-refractivity contribution is -0.136. The van der Waals surface area contributed by atoms with E-state index in [1.807, 2.05) is 13.8 Å². The van der Waals surface area contributed by atoms with Crippen molar-refractivity contribution in [1.29, 1.82) is 0 Å². The van der Waals surface area contributed by atoms with Gasteiger partial charge in [-0.15, -0.1) is 0 Å². The van der Waals surface area contributed by atoms with Gasteiger partial charge in [-0.3, -0.25) is 14.4 Å². The first-order valence-electron chi connectivity index (χ1n) is 7.18. The Balaban J connectivity index is 2.21. The number of carbonyl (C=O) groups is 2. The molecule has 114 valence electrons. The summed E-state index contributed by atoms with van der Waals surface area (Å²) in [5.41, 5.74) is -0.0246. The van der Waals surface area contributed by atoms with Crippen molar-refractivity contribution in [2.24, 2.45) is 13.0 Å². The van der Waals surface area contributed by atoms with Crippen LogP contribution in [0.2, 0.25) is 0 Å². The first-order chi connectivity index (χ1) is 9.91. The number of rotatable bonds is 4. The summed E-state index contributed by atoms with van der Waals surface area (Å²) in [5, 5.41) is 2.66. The maximum Gasteiger partial charge on any atom is 0.274 e. The van der Waals surface area contributed by atoms with Gasteiger partial charge in [-0.1, -0.05) is 13.8 Å². The molecule has 0 spiro atoms. The van der Waals surface area contributed by atoms with Crippen LogP contribution in [0.25, 0.3) is 0 Å². The summed E-state index contributed by atoms with van der Waals surface area (Å²) in [4.78, 5) is 37.9. The number of nitrogens with one attached hydrogen (secondary N) is 1. The SMILES string of the molecule is CC(C)C(C(=O)Nc1cccn(C)c1=O)N1CCCC1=O. The second-order valence-electron chi connectivity index (χ2n) is 5.71. The number of amides is 2. The smallest absolute Gasteiger partial charge is 0.274 e. The molecule has 0 saturated carbocycles. The largest absolute Gasteiger partial charge is 0.330 e. The number of aryl methyl sites for hydroxylation is 1. The molecule has 21 heavy (non-hydrogen) atoms.